The van der Waals surface area contributed by atoms with Gasteiger partial charge in [-0.25, -0.2) is 0 Å². The fourth-order valence-corrected chi connectivity index (χ4v) is 2.79. The third-order valence-corrected chi connectivity index (χ3v) is 3.81. The summed E-state index contributed by atoms with van der Waals surface area (Å²) in [6.07, 6.45) is 0.955. The Kier molecular flexibility index (Phi) is 4.28. The quantitative estimate of drug-likeness (QED) is 0.888. The van der Waals surface area contributed by atoms with E-state index in [2.05, 4.69) is 24.8 Å². The summed E-state index contributed by atoms with van der Waals surface area (Å²) in [5.41, 5.74) is 5.33. The van der Waals surface area contributed by atoms with E-state index in [1.165, 1.54) is 10.5 Å². The van der Waals surface area contributed by atoms with E-state index in [0.717, 1.165) is 11.3 Å². The molecule has 2 rings (SSSR count). The number of benzene rings is 2. The van der Waals surface area contributed by atoms with Crippen LogP contribution < -0.4 is 5.73 Å². The molecule has 4 N–H and O–H groups in total. The van der Waals surface area contributed by atoms with E-state index in [9.17, 15) is 5.11 Å². The smallest absolute Gasteiger partial charge is 0.129 e. The average Bonchev–Trinajstić information content (AvgIpc) is 2.34. The summed E-state index contributed by atoms with van der Waals surface area (Å²) in [7, 11) is 0. The topological polar surface area (TPSA) is 47.9 Å². The summed E-state index contributed by atoms with van der Waals surface area (Å²) in [5.74, 6) is 0.333. The van der Waals surface area contributed by atoms with Crippen molar-refractivity contribution < 1.29 is 10.8 Å². The van der Waals surface area contributed by atoms with Gasteiger partial charge in [0.05, 0.1) is 10.9 Å². The number of phenols is 1. The number of hydrogen-bond donors (Lipinski definition) is 2. The van der Waals surface area contributed by atoms with Crippen LogP contribution in [0.3, 0.4) is 0 Å². The zero-order chi connectivity index (χ0) is 13.0. The van der Waals surface area contributed by atoms with Crippen molar-refractivity contribution in [3.8, 4) is 5.75 Å². The third kappa shape index (κ3) is 3.28. The minimum Gasteiger partial charge on any atom is -0.507 e. The van der Waals surface area contributed by atoms with E-state index in [4.69, 9.17) is 0 Å². The number of para-hydroxylation sites is 1. The van der Waals surface area contributed by atoms with Crippen LogP contribution in [-0.2, 0) is 6.42 Å². The molecule has 1 atom stereocenters. The Morgan fingerprint density at radius 3 is 2.33 bits per heavy atom. The first-order chi connectivity index (χ1) is 8.66. The molecule has 0 saturated heterocycles. The van der Waals surface area contributed by atoms with E-state index >= 15 is 0 Å². The maximum atomic E-state index is 9.81. The van der Waals surface area contributed by atoms with Gasteiger partial charge in [-0.2, -0.15) is 0 Å². The molecule has 0 spiro atoms. The zero-order valence-corrected chi connectivity index (χ0v) is 11.3. The first-order valence-electron chi connectivity index (χ1n) is 6.03. The summed E-state index contributed by atoms with van der Waals surface area (Å²) >= 11 is 1.61. The monoisotopic (exact) mass is 260 g/mol. The van der Waals surface area contributed by atoms with Crippen LogP contribution in [0.25, 0.3) is 0 Å². The first-order valence-corrected chi connectivity index (χ1v) is 6.85. The van der Waals surface area contributed by atoms with Crippen LogP contribution in [-0.4, -0.2) is 11.1 Å². The van der Waals surface area contributed by atoms with Gasteiger partial charge in [0.25, 0.3) is 0 Å². The molecule has 0 heterocycles. The summed E-state index contributed by atoms with van der Waals surface area (Å²) in [6.45, 7) is 2.11. The van der Waals surface area contributed by atoms with E-state index in [0.29, 0.717) is 11.8 Å². The van der Waals surface area contributed by atoms with Gasteiger partial charge in [-0.1, -0.05) is 42.1 Å². The SMILES string of the molecule is C[C@H]([NH3+])Cc1ccccc1Sc1ccccc1O. The molecule has 0 aliphatic rings. The summed E-state index contributed by atoms with van der Waals surface area (Å²) in [6, 6.07) is 16.1. The normalized spacial score (nSPS) is 12.3. The summed E-state index contributed by atoms with van der Waals surface area (Å²) in [5, 5.41) is 9.81. The maximum Gasteiger partial charge on any atom is 0.129 e. The van der Waals surface area contributed by atoms with E-state index in [1.807, 2.05) is 30.3 Å². The Bertz CT molecular complexity index is 525. The first kappa shape index (κ1) is 13.0. The molecular weight excluding hydrogens is 242 g/mol. The Morgan fingerprint density at radius 2 is 1.67 bits per heavy atom. The maximum absolute atomic E-state index is 9.81. The molecular formula is C15H18NOS+. The largest absolute Gasteiger partial charge is 0.507 e. The third-order valence-electron chi connectivity index (χ3n) is 2.63. The minimum atomic E-state index is 0.333. The highest BCUT2D eigenvalue weighted by molar-refractivity contribution is 7.99. The fraction of sp³-hybridized carbons (Fsp3) is 0.200. The molecule has 0 aliphatic carbocycles. The lowest BCUT2D eigenvalue weighted by atomic mass is 10.1. The summed E-state index contributed by atoms with van der Waals surface area (Å²) in [4.78, 5) is 2.08. The van der Waals surface area contributed by atoms with Crippen molar-refractivity contribution in [3.63, 3.8) is 0 Å². The molecule has 0 unspecified atom stereocenters. The zero-order valence-electron chi connectivity index (χ0n) is 10.5. The Balaban J connectivity index is 2.26. The van der Waals surface area contributed by atoms with Crippen LogP contribution in [0, 0.1) is 0 Å². The van der Waals surface area contributed by atoms with E-state index < -0.39 is 0 Å². The molecule has 94 valence electrons. The Labute approximate surface area is 112 Å². The predicted octanol–water partition coefficient (Wildman–Crippen LogP) is 2.72. The molecule has 0 aromatic heterocycles. The summed E-state index contributed by atoms with van der Waals surface area (Å²) < 4.78 is 0. The highest BCUT2D eigenvalue weighted by atomic mass is 32.2. The van der Waals surface area contributed by atoms with Crippen molar-refractivity contribution in [2.75, 3.05) is 0 Å². The standard InChI is InChI=1S/C15H17NOS/c1-11(16)10-12-6-2-4-8-14(12)18-15-9-5-3-7-13(15)17/h2-9,11,17H,10,16H2,1H3/p+1/t11-/m0/s1. The molecule has 0 amide bonds. The molecule has 0 saturated carbocycles. The van der Waals surface area contributed by atoms with Gasteiger partial charge in [0.1, 0.15) is 5.75 Å². The average molecular weight is 260 g/mol. The lowest BCUT2D eigenvalue weighted by Crippen LogP contribution is -2.60. The van der Waals surface area contributed by atoms with Crippen molar-refractivity contribution >= 4 is 11.8 Å². The van der Waals surface area contributed by atoms with Crippen molar-refractivity contribution in [1.29, 1.82) is 0 Å². The molecule has 3 heteroatoms. The van der Waals surface area contributed by atoms with Gasteiger partial charge in [0, 0.05) is 11.3 Å². The van der Waals surface area contributed by atoms with Crippen LogP contribution in [0.15, 0.2) is 58.3 Å². The highest BCUT2D eigenvalue weighted by Crippen LogP contribution is 2.35. The number of aromatic hydroxyl groups is 1. The molecule has 0 bridgehead atoms. The van der Waals surface area contributed by atoms with Crippen LogP contribution in [0.4, 0.5) is 0 Å². The second-order valence-corrected chi connectivity index (χ2v) is 5.57. The van der Waals surface area contributed by atoms with Gasteiger partial charge in [-0.05, 0) is 30.7 Å². The molecule has 2 aromatic carbocycles. The second kappa shape index (κ2) is 5.94. The van der Waals surface area contributed by atoms with Crippen LogP contribution in [0.2, 0.25) is 0 Å². The predicted molar refractivity (Wildman–Crippen MR) is 74.7 cm³/mol. The molecule has 2 aromatic rings. The van der Waals surface area contributed by atoms with Crippen LogP contribution >= 0.6 is 11.8 Å². The van der Waals surface area contributed by atoms with Gasteiger partial charge in [-0.15, -0.1) is 0 Å². The van der Waals surface area contributed by atoms with Gasteiger partial charge >= 0.3 is 0 Å². The second-order valence-electron chi connectivity index (χ2n) is 4.49. The number of quaternary nitrogens is 1. The van der Waals surface area contributed by atoms with Gasteiger partial charge in [0.15, 0.2) is 0 Å². The van der Waals surface area contributed by atoms with Crippen molar-refractivity contribution in [1.82, 2.24) is 0 Å². The lowest BCUT2D eigenvalue weighted by molar-refractivity contribution is -0.413. The van der Waals surface area contributed by atoms with E-state index in [-0.39, 0.29) is 0 Å². The Hall–Kier alpha value is -1.45. The van der Waals surface area contributed by atoms with Gasteiger partial charge in [0.2, 0.25) is 0 Å². The van der Waals surface area contributed by atoms with Gasteiger partial charge in [-0.3, -0.25) is 0 Å². The number of rotatable bonds is 4. The minimum absolute atomic E-state index is 0.333. The molecule has 0 fully saturated rings. The van der Waals surface area contributed by atoms with E-state index in [1.54, 1.807) is 17.8 Å². The van der Waals surface area contributed by atoms with Gasteiger partial charge < -0.3 is 10.8 Å². The van der Waals surface area contributed by atoms with Crippen molar-refractivity contribution in [2.45, 2.75) is 29.2 Å². The fourth-order valence-electron chi connectivity index (χ4n) is 1.81. The van der Waals surface area contributed by atoms with Crippen LogP contribution in [0.5, 0.6) is 5.75 Å². The molecule has 2 nitrogen and oxygen atoms in total. The number of hydrogen-bond acceptors (Lipinski definition) is 2. The highest BCUT2D eigenvalue weighted by Gasteiger charge is 2.09. The Morgan fingerprint density at radius 1 is 1.06 bits per heavy atom. The number of phenolic OH excluding ortho intramolecular Hbond substituents is 1. The molecule has 18 heavy (non-hydrogen) atoms. The lowest BCUT2D eigenvalue weighted by Gasteiger charge is -2.10. The molecule has 0 aliphatic heterocycles. The van der Waals surface area contributed by atoms with Crippen molar-refractivity contribution in [2.24, 2.45) is 0 Å². The van der Waals surface area contributed by atoms with Crippen LogP contribution in [0.1, 0.15) is 12.5 Å². The molecule has 0 radical (unpaired) electrons. The van der Waals surface area contributed by atoms with Crippen molar-refractivity contribution in [3.05, 3.63) is 54.1 Å².